The third kappa shape index (κ3) is 1.15. The van der Waals surface area contributed by atoms with Crippen LogP contribution in [0.25, 0.3) is 11.0 Å². The number of hydrogen-bond acceptors (Lipinski definition) is 2. The largest absolute Gasteiger partial charge is 0.187 e. The molecule has 0 atom stereocenters. The van der Waals surface area contributed by atoms with Gasteiger partial charge in [0, 0.05) is 7.05 Å². The zero-order chi connectivity index (χ0) is 8.72. The number of benzene rings is 1. The number of aryl methyl sites for hydroxylation is 1. The van der Waals surface area contributed by atoms with Crippen LogP contribution in [0.2, 0.25) is 10.0 Å². The van der Waals surface area contributed by atoms with Gasteiger partial charge in [-0.05, 0) is 12.1 Å². The molecule has 2 aromatic rings. The highest BCUT2D eigenvalue weighted by atomic mass is 35.5. The Morgan fingerprint density at radius 2 is 1.50 bits per heavy atom. The molecular weight excluding hydrogens is 197 g/mol. The van der Waals surface area contributed by atoms with Crippen molar-refractivity contribution in [1.82, 2.24) is 15.0 Å². The van der Waals surface area contributed by atoms with Gasteiger partial charge in [-0.2, -0.15) is 15.0 Å². The van der Waals surface area contributed by atoms with Crippen molar-refractivity contribution in [2.45, 2.75) is 0 Å². The van der Waals surface area contributed by atoms with E-state index in [0.29, 0.717) is 10.0 Å². The lowest BCUT2D eigenvalue weighted by Gasteiger charge is -1.91. The molecule has 0 saturated heterocycles. The van der Waals surface area contributed by atoms with Gasteiger partial charge in [0.1, 0.15) is 11.0 Å². The summed E-state index contributed by atoms with van der Waals surface area (Å²) in [6.45, 7) is 0. The predicted octanol–water partition coefficient (Wildman–Crippen LogP) is 2.28. The second kappa shape index (κ2) is 2.61. The first-order valence-corrected chi connectivity index (χ1v) is 4.08. The van der Waals surface area contributed by atoms with Crippen LogP contribution >= 0.6 is 23.2 Å². The molecule has 0 aliphatic carbocycles. The van der Waals surface area contributed by atoms with Crippen molar-refractivity contribution in [2.75, 3.05) is 0 Å². The maximum absolute atomic E-state index is 5.79. The molecule has 0 radical (unpaired) electrons. The van der Waals surface area contributed by atoms with E-state index in [4.69, 9.17) is 23.2 Å². The predicted molar refractivity (Wildman–Crippen MR) is 48.5 cm³/mol. The zero-order valence-electron chi connectivity index (χ0n) is 6.25. The molecule has 0 unspecified atom stereocenters. The van der Waals surface area contributed by atoms with E-state index >= 15 is 0 Å². The summed E-state index contributed by atoms with van der Waals surface area (Å²) in [5.74, 6) is 0. The lowest BCUT2D eigenvalue weighted by atomic mass is 10.3. The Kier molecular flexibility index (Phi) is 1.70. The van der Waals surface area contributed by atoms with Gasteiger partial charge < -0.3 is 0 Å². The van der Waals surface area contributed by atoms with Crippen LogP contribution in [-0.4, -0.2) is 15.0 Å². The summed E-state index contributed by atoms with van der Waals surface area (Å²) in [7, 11) is 1.75. The molecule has 1 aromatic heterocycles. The summed E-state index contributed by atoms with van der Waals surface area (Å²) in [5, 5.41) is 9.16. The van der Waals surface area contributed by atoms with Crippen LogP contribution in [0, 0.1) is 0 Å². The smallest absolute Gasteiger partial charge is 0.114 e. The van der Waals surface area contributed by atoms with E-state index in [1.165, 1.54) is 4.80 Å². The zero-order valence-corrected chi connectivity index (χ0v) is 7.76. The first-order chi connectivity index (χ1) is 5.66. The van der Waals surface area contributed by atoms with Crippen molar-refractivity contribution in [1.29, 1.82) is 0 Å². The summed E-state index contributed by atoms with van der Waals surface area (Å²) in [4.78, 5) is 1.48. The molecule has 3 nitrogen and oxygen atoms in total. The second-order valence-corrected chi connectivity index (χ2v) is 3.26. The van der Waals surface area contributed by atoms with Gasteiger partial charge in [-0.15, -0.1) is 0 Å². The second-order valence-electron chi connectivity index (χ2n) is 2.44. The fourth-order valence-corrected chi connectivity index (χ4v) is 1.34. The van der Waals surface area contributed by atoms with Crippen LogP contribution in [0.15, 0.2) is 12.1 Å². The van der Waals surface area contributed by atoms with Crippen molar-refractivity contribution in [3.8, 4) is 0 Å². The molecule has 5 heteroatoms. The van der Waals surface area contributed by atoms with Gasteiger partial charge in [-0.25, -0.2) is 0 Å². The van der Waals surface area contributed by atoms with Crippen LogP contribution in [0.3, 0.4) is 0 Å². The van der Waals surface area contributed by atoms with Crippen molar-refractivity contribution < 1.29 is 0 Å². The fourth-order valence-electron chi connectivity index (χ4n) is 1.02. The maximum atomic E-state index is 5.79. The normalized spacial score (nSPS) is 10.9. The Bertz CT molecular complexity index is 396. The van der Waals surface area contributed by atoms with E-state index < -0.39 is 0 Å². The highest BCUT2D eigenvalue weighted by Crippen LogP contribution is 2.25. The summed E-state index contributed by atoms with van der Waals surface area (Å²) in [6.07, 6.45) is 0. The number of aromatic nitrogens is 3. The van der Waals surface area contributed by atoms with Crippen LogP contribution in [0.1, 0.15) is 0 Å². The minimum atomic E-state index is 0.504. The number of fused-ring (bicyclic) bond motifs is 1. The Morgan fingerprint density at radius 3 is 1.92 bits per heavy atom. The first-order valence-electron chi connectivity index (χ1n) is 3.33. The quantitative estimate of drug-likeness (QED) is 0.655. The molecule has 1 aromatic carbocycles. The topological polar surface area (TPSA) is 30.7 Å². The molecule has 0 N–H and O–H groups in total. The van der Waals surface area contributed by atoms with Gasteiger partial charge in [-0.3, -0.25) is 0 Å². The number of halogens is 2. The van der Waals surface area contributed by atoms with Gasteiger partial charge in [0.25, 0.3) is 0 Å². The average molecular weight is 202 g/mol. The van der Waals surface area contributed by atoms with Crippen LogP contribution in [0.5, 0.6) is 0 Å². The standard InChI is InChI=1S/C7H5Cl2N3/c1-12-10-6-2-4(8)5(9)3-7(6)11-12/h2-3H,1H3. The van der Waals surface area contributed by atoms with Gasteiger partial charge in [0.05, 0.1) is 10.0 Å². The Hall–Kier alpha value is -0.800. The number of nitrogens with zero attached hydrogens (tertiary/aromatic N) is 3. The van der Waals surface area contributed by atoms with E-state index in [1.807, 2.05) is 0 Å². The Morgan fingerprint density at radius 1 is 1.08 bits per heavy atom. The van der Waals surface area contributed by atoms with Crippen molar-refractivity contribution in [3.05, 3.63) is 22.2 Å². The van der Waals surface area contributed by atoms with E-state index in [2.05, 4.69) is 10.2 Å². The van der Waals surface area contributed by atoms with Gasteiger partial charge in [-0.1, -0.05) is 23.2 Å². The minimum absolute atomic E-state index is 0.504. The van der Waals surface area contributed by atoms with Crippen LogP contribution < -0.4 is 0 Å². The number of rotatable bonds is 0. The maximum Gasteiger partial charge on any atom is 0.114 e. The lowest BCUT2D eigenvalue weighted by molar-refractivity contribution is 0.665. The summed E-state index contributed by atoms with van der Waals surface area (Å²) in [6, 6.07) is 3.40. The Labute approximate surface area is 78.9 Å². The summed E-state index contributed by atoms with van der Waals surface area (Å²) < 4.78 is 0. The molecular formula is C7H5Cl2N3. The van der Waals surface area contributed by atoms with E-state index in [9.17, 15) is 0 Å². The molecule has 12 heavy (non-hydrogen) atoms. The minimum Gasteiger partial charge on any atom is -0.187 e. The SMILES string of the molecule is Cn1nc2cc(Cl)c(Cl)cc2n1. The van der Waals surface area contributed by atoms with Crippen molar-refractivity contribution in [2.24, 2.45) is 7.05 Å². The van der Waals surface area contributed by atoms with Gasteiger partial charge >= 0.3 is 0 Å². The third-order valence-electron chi connectivity index (χ3n) is 1.52. The molecule has 0 aliphatic heterocycles. The monoisotopic (exact) mass is 201 g/mol. The highest BCUT2D eigenvalue weighted by Gasteiger charge is 2.04. The van der Waals surface area contributed by atoms with E-state index in [1.54, 1.807) is 19.2 Å². The molecule has 0 spiro atoms. The van der Waals surface area contributed by atoms with Crippen LogP contribution in [-0.2, 0) is 7.05 Å². The molecule has 0 aliphatic rings. The van der Waals surface area contributed by atoms with E-state index in [0.717, 1.165) is 11.0 Å². The van der Waals surface area contributed by atoms with Gasteiger partial charge in [0.2, 0.25) is 0 Å². The highest BCUT2D eigenvalue weighted by molar-refractivity contribution is 6.42. The molecule has 0 bridgehead atoms. The van der Waals surface area contributed by atoms with Gasteiger partial charge in [0.15, 0.2) is 0 Å². The molecule has 0 saturated carbocycles. The molecule has 1 heterocycles. The fraction of sp³-hybridized carbons (Fsp3) is 0.143. The molecule has 2 rings (SSSR count). The number of hydrogen-bond donors (Lipinski definition) is 0. The molecule has 0 fully saturated rings. The summed E-state index contributed by atoms with van der Waals surface area (Å²) in [5.41, 5.74) is 1.51. The lowest BCUT2D eigenvalue weighted by Crippen LogP contribution is -1.90. The molecule has 62 valence electrons. The first kappa shape index (κ1) is 7.83. The molecule has 0 amide bonds. The van der Waals surface area contributed by atoms with Crippen LogP contribution in [0.4, 0.5) is 0 Å². The van der Waals surface area contributed by atoms with Crippen molar-refractivity contribution in [3.63, 3.8) is 0 Å². The van der Waals surface area contributed by atoms with E-state index in [-0.39, 0.29) is 0 Å². The Balaban J connectivity index is 2.83. The van der Waals surface area contributed by atoms with Crippen molar-refractivity contribution >= 4 is 34.2 Å². The summed E-state index contributed by atoms with van der Waals surface area (Å²) >= 11 is 11.6. The third-order valence-corrected chi connectivity index (χ3v) is 2.24. The average Bonchev–Trinajstić information content (AvgIpc) is 2.30.